The van der Waals surface area contributed by atoms with Gasteiger partial charge in [0.15, 0.2) is 11.5 Å². The van der Waals surface area contributed by atoms with Crippen molar-refractivity contribution in [2.45, 2.75) is 13.0 Å². The van der Waals surface area contributed by atoms with E-state index in [2.05, 4.69) is 21.2 Å². The van der Waals surface area contributed by atoms with E-state index in [0.717, 1.165) is 15.8 Å². The van der Waals surface area contributed by atoms with Crippen LogP contribution in [0.5, 0.6) is 17.2 Å². The van der Waals surface area contributed by atoms with Gasteiger partial charge in [-0.1, -0.05) is 17.7 Å². The number of carbonyl (C=O) groups is 1. The molecule has 0 spiro atoms. The lowest BCUT2D eigenvalue weighted by Gasteiger charge is -2.16. The van der Waals surface area contributed by atoms with Crippen LogP contribution >= 0.6 is 27.5 Å². The van der Waals surface area contributed by atoms with E-state index in [0.29, 0.717) is 22.1 Å². The van der Waals surface area contributed by atoms with Crippen LogP contribution in [0.15, 0.2) is 34.8 Å². The number of methoxy groups -OCH3 is 1. The quantitative estimate of drug-likeness (QED) is 0.812. The molecule has 1 atom stereocenters. The monoisotopic (exact) mass is 411 g/mol. The zero-order chi connectivity index (χ0) is 17.3. The summed E-state index contributed by atoms with van der Waals surface area (Å²) in [6.45, 7) is 2.01. The number of rotatable bonds is 4. The summed E-state index contributed by atoms with van der Waals surface area (Å²) in [6.07, 6.45) is 0. The second-order valence-electron chi connectivity index (χ2n) is 5.28. The zero-order valence-corrected chi connectivity index (χ0v) is 15.4. The van der Waals surface area contributed by atoms with Gasteiger partial charge in [0.25, 0.3) is 5.91 Å². The van der Waals surface area contributed by atoms with Crippen LogP contribution in [0.25, 0.3) is 0 Å². The summed E-state index contributed by atoms with van der Waals surface area (Å²) in [5, 5.41) is 3.30. The number of nitrogens with one attached hydrogen (secondary N) is 1. The first-order valence-electron chi connectivity index (χ1n) is 7.23. The minimum absolute atomic E-state index is 0.108. The van der Waals surface area contributed by atoms with Crippen LogP contribution in [-0.2, 0) is 0 Å². The average Bonchev–Trinajstić information content (AvgIpc) is 3.03. The molecule has 2 aromatic carbocycles. The molecule has 24 heavy (non-hydrogen) atoms. The summed E-state index contributed by atoms with van der Waals surface area (Å²) in [4.78, 5) is 12.5. The SMILES string of the molecule is COc1ccc([C@H](C)NC(=O)c2cc(Cl)c3c(c2)OCO3)cc1Br. The molecule has 7 heteroatoms. The van der Waals surface area contributed by atoms with Crippen LogP contribution in [0.4, 0.5) is 0 Å². The standard InChI is InChI=1S/C17H15BrClNO4/c1-9(10-3-4-14(22-2)12(18)5-10)20-17(21)11-6-13(19)16-15(7-11)23-8-24-16/h3-7,9H,8H2,1-2H3,(H,20,21)/t9-/m0/s1. The van der Waals surface area contributed by atoms with Gasteiger partial charge in [-0.2, -0.15) is 0 Å². The molecule has 2 aromatic rings. The van der Waals surface area contributed by atoms with Crippen molar-refractivity contribution in [2.75, 3.05) is 13.9 Å². The number of benzene rings is 2. The second-order valence-corrected chi connectivity index (χ2v) is 6.54. The molecule has 0 radical (unpaired) electrons. The van der Waals surface area contributed by atoms with Gasteiger partial charge < -0.3 is 19.5 Å². The predicted molar refractivity (Wildman–Crippen MR) is 94.2 cm³/mol. The summed E-state index contributed by atoms with van der Waals surface area (Å²) < 4.78 is 16.6. The van der Waals surface area contributed by atoms with Crippen LogP contribution in [0.3, 0.4) is 0 Å². The van der Waals surface area contributed by atoms with Crippen LogP contribution in [-0.4, -0.2) is 19.8 Å². The number of hydrogen-bond acceptors (Lipinski definition) is 4. The van der Waals surface area contributed by atoms with Crippen molar-refractivity contribution in [3.05, 3.63) is 51.0 Å². The smallest absolute Gasteiger partial charge is 0.251 e. The number of halogens is 2. The molecule has 5 nitrogen and oxygen atoms in total. The molecule has 0 bridgehead atoms. The van der Waals surface area contributed by atoms with Crippen molar-refractivity contribution in [3.8, 4) is 17.2 Å². The maximum absolute atomic E-state index is 12.5. The Labute approximate surface area is 153 Å². The molecule has 0 aromatic heterocycles. The van der Waals surface area contributed by atoms with Gasteiger partial charge in [-0.25, -0.2) is 0 Å². The van der Waals surface area contributed by atoms with Crippen LogP contribution < -0.4 is 19.5 Å². The van der Waals surface area contributed by atoms with Crippen molar-refractivity contribution < 1.29 is 19.0 Å². The first-order valence-corrected chi connectivity index (χ1v) is 8.40. The number of carbonyl (C=O) groups excluding carboxylic acids is 1. The lowest BCUT2D eigenvalue weighted by atomic mass is 10.1. The highest BCUT2D eigenvalue weighted by Gasteiger charge is 2.21. The maximum Gasteiger partial charge on any atom is 0.251 e. The van der Waals surface area contributed by atoms with Gasteiger partial charge in [0.2, 0.25) is 6.79 Å². The number of fused-ring (bicyclic) bond motifs is 1. The molecule has 0 saturated heterocycles. The molecule has 126 valence electrons. The first-order chi connectivity index (χ1) is 11.5. The molecule has 1 aliphatic heterocycles. The van der Waals surface area contributed by atoms with Crippen LogP contribution in [0.2, 0.25) is 5.02 Å². The molecular formula is C17H15BrClNO4. The highest BCUT2D eigenvalue weighted by Crippen LogP contribution is 2.39. The van der Waals surface area contributed by atoms with Gasteiger partial charge in [-0.3, -0.25) is 4.79 Å². The molecule has 1 N–H and O–H groups in total. The third-order valence-electron chi connectivity index (χ3n) is 3.71. The highest BCUT2D eigenvalue weighted by molar-refractivity contribution is 9.10. The Bertz CT molecular complexity index is 796. The predicted octanol–water partition coefficient (Wildman–Crippen LogP) is 4.33. The summed E-state index contributed by atoms with van der Waals surface area (Å²) in [5.41, 5.74) is 1.37. The Kier molecular flexibility index (Phi) is 4.87. The van der Waals surface area contributed by atoms with E-state index in [9.17, 15) is 4.79 Å². The van der Waals surface area contributed by atoms with Crippen molar-refractivity contribution in [1.29, 1.82) is 0 Å². The van der Waals surface area contributed by atoms with Gasteiger partial charge in [0.05, 0.1) is 22.6 Å². The van der Waals surface area contributed by atoms with E-state index >= 15 is 0 Å². The van der Waals surface area contributed by atoms with Gasteiger partial charge in [-0.15, -0.1) is 0 Å². The van der Waals surface area contributed by atoms with Crippen LogP contribution in [0.1, 0.15) is 28.9 Å². The average molecular weight is 413 g/mol. The molecule has 1 heterocycles. The molecular weight excluding hydrogens is 398 g/mol. The van der Waals surface area contributed by atoms with E-state index in [-0.39, 0.29) is 18.7 Å². The van der Waals surface area contributed by atoms with E-state index in [4.69, 9.17) is 25.8 Å². The van der Waals surface area contributed by atoms with Crippen molar-refractivity contribution in [2.24, 2.45) is 0 Å². The molecule has 0 unspecified atom stereocenters. The summed E-state index contributed by atoms with van der Waals surface area (Å²) in [7, 11) is 1.61. The lowest BCUT2D eigenvalue weighted by Crippen LogP contribution is -2.26. The fourth-order valence-corrected chi connectivity index (χ4v) is 3.24. The fourth-order valence-electron chi connectivity index (χ4n) is 2.41. The maximum atomic E-state index is 12.5. The second kappa shape index (κ2) is 6.91. The van der Waals surface area contributed by atoms with Crippen molar-refractivity contribution >= 4 is 33.4 Å². The minimum atomic E-state index is -0.241. The molecule has 1 amide bonds. The number of amides is 1. The summed E-state index contributed by atoms with van der Waals surface area (Å²) in [5.74, 6) is 1.45. The largest absolute Gasteiger partial charge is 0.496 e. The normalized spacial score (nSPS) is 13.5. The Morgan fingerprint density at radius 3 is 2.83 bits per heavy atom. The number of ether oxygens (including phenoxy) is 3. The highest BCUT2D eigenvalue weighted by atomic mass is 79.9. The minimum Gasteiger partial charge on any atom is -0.496 e. The van der Waals surface area contributed by atoms with Gasteiger partial charge in [-0.05, 0) is 52.7 Å². The van der Waals surface area contributed by atoms with Crippen molar-refractivity contribution in [1.82, 2.24) is 5.32 Å². The first kappa shape index (κ1) is 16.9. The summed E-state index contributed by atoms with van der Waals surface area (Å²) >= 11 is 9.57. The van der Waals surface area contributed by atoms with Crippen LogP contribution in [0, 0.1) is 0 Å². The van der Waals surface area contributed by atoms with E-state index < -0.39 is 0 Å². The zero-order valence-electron chi connectivity index (χ0n) is 13.1. The third kappa shape index (κ3) is 3.30. The Hall–Kier alpha value is -1.92. The Morgan fingerprint density at radius 1 is 1.33 bits per heavy atom. The number of hydrogen-bond donors (Lipinski definition) is 1. The van der Waals surface area contributed by atoms with Gasteiger partial charge >= 0.3 is 0 Å². The fraction of sp³-hybridized carbons (Fsp3) is 0.235. The third-order valence-corrected chi connectivity index (χ3v) is 4.61. The topological polar surface area (TPSA) is 56.8 Å². The van der Waals surface area contributed by atoms with Gasteiger partial charge in [0, 0.05) is 5.56 Å². The molecule has 0 fully saturated rings. The van der Waals surface area contributed by atoms with Crippen molar-refractivity contribution in [3.63, 3.8) is 0 Å². The molecule has 3 rings (SSSR count). The Balaban J connectivity index is 1.77. The lowest BCUT2D eigenvalue weighted by molar-refractivity contribution is 0.0939. The molecule has 1 aliphatic rings. The summed E-state index contributed by atoms with van der Waals surface area (Å²) in [6, 6.07) is 8.67. The van der Waals surface area contributed by atoms with E-state index in [1.54, 1.807) is 19.2 Å². The van der Waals surface area contributed by atoms with Gasteiger partial charge in [0.1, 0.15) is 5.75 Å². The molecule has 0 saturated carbocycles. The van der Waals surface area contributed by atoms with E-state index in [1.807, 2.05) is 25.1 Å². The molecule has 0 aliphatic carbocycles. The van der Waals surface area contributed by atoms with E-state index in [1.165, 1.54) is 0 Å². The Morgan fingerprint density at radius 2 is 2.12 bits per heavy atom.